The molecule has 1 aromatic carbocycles. The molecule has 37 heavy (non-hydrogen) atoms. The van der Waals surface area contributed by atoms with Gasteiger partial charge in [-0.1, -0.05) is 77.8 Å². The summed E-state index contributed by atoms with van der Waals surface area (Å²) in [6.45, 7) is 8.82. The molecule has 3 N–H and O–H groups in total. The van der Waals surface area contributed by atoms with E-state index in [4.69, 9.17) is 10.3 Å². The number of carbonyl (C=O) groups excluding carboxylic acids is 5. The van der Waals surface area contributed by atoms with E-state index in [1.807, 2.05) is 25.1 Å². The first-order valence-electron chi connectivity index (χ1n) is 12.3. The average Bonchev–Trinajstić information content (AvgIpc) is 2.86. The van der Waals surface area contributed by atoms with E-state index >= 15 is 0 Å². The summed E-state index contributed by atoms with van der Waals surface area (Å²) in [6.07, 6.45) is 1.18. The summed E-state index contributed by atoms with van der Waals surface area (Å²) >= 11 is 0. The molecule has 0 radical (unpaired) electrons. The largest absolute Gasteiger partial charge is 0.445 e. The summed E-state index contributed by atoms with van der Waals surface area (Å²) in [6, 6.07) is 5.90. The van der Waals surface area contributed by atoms with Gasteiger partial charge in [-0.15, -0.1) is 0 Å². The molecule has 1 rings (SSSR count). The zero-order valence-electron chi connectivity index (χ0n) is 22.0. The third-order valence-corrected chi connectivity index (χ3v) is 5.58. The quantitative estimate of drug-likeness (QED) is 0.140. The van der Waals surface area contributed by atoms with Gasteiger partial charge in [0.05, 0.1) is 6.04 Å². The van der Waals surface area contributed by atoms with Crippen molar-refractivity contribution in [3.8, 4) is 0 Å². The number of alkyl carbamates (subject to hydrolysis) is 1. The second kappa shape index (κ2) is 16.0. The van der Waals surface area contributed by atoms with Crippen LogP contribution in [0, 0.1) is 11.8 Å². The van der Waals surface area contributed by atoms with E-state index < -0.39 is 47.6 Å². The third-order valence-electron chi connectivity index (χ3n) is 5.58. The number of rotatable bonds is 15. The van der Waals surface area contributed by atoms with Crippen LogP contribution in [0.1, 0.15) is 59.4 Å². The Bertz CT molecular complexity index is 988. The van der Waals surface area contributed by atoms with Gasteiger partial charge >= 0.3 is 18.1 Å². The molecule has 3 amide bonds. The molecule has 0 saturated heterocycles. The summed E-state index contributed by atoms with van der Waals surface area (Å²) in [5.41, 5.74) is 9.35. The predicted octanol–water partition coefficient (Wildman–Crippen LogP) is 2.19. The predicted molar refractivity (Wildman–Crippen MR) is 136 cm³/mol. The topological polar surface area (TPSA) is 167 Å². The first-order valence-corrected chi connectivity index (χ1v) is 12.3. The number of Topliss-reactive ketones (excluding diaryl/α,β-unsaturated/α-hetero) is 2. The third kappa shape index (κ3) is 10.7. The highest BCUT2D eigenvalue weighted by Crippen LogP contribution is 2.10. The molecule has 0 aliphatic carbocycles. The Morgan fingerprint density at radius 1 is 0.919 bits per heavy atom. The van der Waals surface area contributed by atoms with E-state index in [0.717, 1.165) is 5.56 Å². The number of hydrogen-bond acceptors (Lipinski definition) is 6. The molecule has 0 fully saturated rings. The number of unbranched alkanes of at least 4 members (excludes halogenated alkanes) is 1. The zero-order valence-corrected chi connectivity index (χ0v) is 22.0. The van der Waals surface area contributed by atoms with Crippen LogP contribution in [0.25, 0.3) is 5.53 Å². The van der Waals surface area contributed by atoms with Gasteiger partial charge in [0.2, 0.25) is 17.6 Å². The minimum atomic E-state index is -1.14. The number of benzene rings is 1. The lowest BCUT2D eigenvalue weighted by molar-refractivity contribution is -0.138. The number of carbonyl (C=O) groups is 5. The number of ketones is 2. The van der Waals surface area contributed by atoms with Crippen LogP contribution in [0.4, 0.5) is 4.79 Å². The van der Waals surface area contributed by atoms with Gasteiger partial charge in [-0.3, -0.25) is 19.2 Å². The second-order valence-electron chi connectivity index (χ2n) is 9.33. The molecule has 0 spiro atoms. The maximum absolute atomic E-state index is 13.1. The van der Waals surface area contributed by atoms with E-state index in [2.05, 4.69) is 20.7 Å². The van der Waals surface area contributed by atoms with Crippen molar-refractivity contribution in [3.05, 3.63) is 41.4 Å². The van der Waals surface area contributed by atoms with Crippen LogP contribution in [0.2, 0.25) is 0 Å². The van der Waals surface area contributed by atoms with Crippen LogP contribution < -0.4 is 16.0 Å². The van der Waals surface area contributed by atoms with Crippen LogP contribution in [0.3, 0.4) is 0 Å². The van der Waals surface area contributed by atoms with Crippen LogP contribution in [0.15, 0.2) is 30.3 Å². The van der Waals surface area contributed by atoms with Crippen LogP contribution in [-0.4, -0.2) is 58.6 Å². The van der Waals surface area contributed by atoms with Gasteiger partial charge in [-0.25, -0.2) is 4.79 Å². The SMILES string of the molecule is CCCC[C@H](NC(=O)[C@@H](NC(=O)[C@@H](NC(=O)OCc1ccccc1)C(C)C)C(C)C)C(=O)C(=O)C=[N+]=[N-]. The van der Waals surface area contributed by atoms with Crippen LogP contribution >= 0.6 is 0 Å². The number of nitrogens with one attached hydrogen (secondary N) is 3. The molecule has 0 aromatic heterocycles. The molecular formula is C26H37N5O6. The van der Waals surface area contributed by atoms with Gasteiger partial charge in [-0.05, 0) is 23.8 Å². The Morgan fingerprint density at radius 2 is 1.49 bits per heavy atom. The Morgan fingerprint density at radius 3 is 2.03 bits per heavy atom. The number of ether oxygens (including phenoxy) is 1. The maximum Gasteiger partial charge on any atom is 0.408 e. The van der Waals surface area contributed by atoms with Crippen LogP contribution in [0.5, 0.6) is 0 Å². The summed E-state index contributed by atoms with van der Waals surface area (Å²) in [7, 11) is 0. The second-order valence-corrected chi connectivity index (χ2v) is 9.33. The van der Waals surface area contributed by atoms with Crippen molar-refractivity contribution in [1.29, 1.82) is 0 Å². The molecule has 0 unspecified atom stereocenters. The van der Waals surface area contributed by atoms with Gasteiger partial charge in [0.25, 0.3) is 0 Å². The van der Waals surface area contributed by atoms with E-state index in [-0.39, 0.29) is 24.9 Å². The maximum atomic E-state index is 13.1. The highest BCUT2D eigenvalue weighted by Gasteiger charge is 2.34. The van der Waals surface area contributed by atoms with E-state index in [0.29, 0.717) is 19.1 Å². The summed E-state index contributed by atoms with van der Waals surface area (Å²) in [4.78, 5) is 65.4. The monoisotopic (exact) mass is 515 g/mol. The van der Waals surface area contributed by atoms with E-state index in [1.54, 1.807) is 39.8 Å². The molecule has 0 saturated carbocycles. The van der Waals surface area contributed by atoms with Crippen molar-refractivity contribution >= 4 is 35.7 Å². The molecule has 0 bridgehead atoms. The van der Waals surface area contributed by atoms with Gasteiger partial charge in [0.1, 0.15) is 18.7 Å². The van der Waals surface area contributed by atoms with Gasteiger partial charge in [-0.2, -0.15) is 4.79 Å². The summed E-state index contributed by atoms with van der Waals surface area (Å²) in [5, 5.41) is 7.74. The molecule has 0 aliphatic rings. The number of hydrogen-bond donors (Lipinski definition) is 3. The lowest BCUT2D eigenvalue weighted by atomic mass is 9.98. The molecule has 11 nitrogen and oxygen atoms in total. The van der Waals surface area contributed by atoms with Crippen molar-refractivity contribution < 1.29 is 33.5 Å². The molecule has 11 heteroatoms. The summed E-state index contributed by atoms with van der Waals surface area (Å²) in [5.74, 6) is -3.92. The minimum absolute atomic E-state index is 0.0308. The highest BCUT2D eigenvalue weighted by atomic mass is 16.5. The number of amides is 3. The normalized spacial score (nSPS) is 13.1. The molecular weight excluding hydrogens is 478 g/mol. The lowest BCUT2D eigenvalue weighted by Gasteiger charge is -2.28. The first kappa shape index (κ1) is 31.2. The van der Waals surface area contributed by atoms with Crippen molar-refractivity contribution in [2.24, 2.45) is 11.8 Å². The van der Waals surface area contributed by atoms with Gasteiger partial charge < -0.3 is 26.2 Å². The molecule has 0 heterocycles. The highest BCUT2D eigenvalue weighted by molar-refractivity contribution is 6.59. The van der Waals surface area contributed by atoms with Crippen molar-refractivity contribution in [3.63, 3.8) is 0 Å². The standard InChI is InChI=1S/C26H37N5O6/c1-6-7-13-19(23(33)20(32)14-28-27)29-24(34)21(16(2)3)30-25(35)22(17(4)5)31-26(36)37-15-18-11-9-8-10-12-18/h8-12,14,16-17,19,21-22H,6-7,13,15H2,1-5H3,(H,29,34)(H,30,35)(H,31,36)/t19-,21-,22-/m0/s1. The van der Waals surface area contributed by atoms with E-state index in [1.165, 1.54) is 0 Å². The molecule has 202 valence electrons. The van der Waals surface area contributed by atoms with E-state index in [9.17, 15) is 24.0 Å². The fraction of sp³-hybridized carbons (Fsp3) is 0.538. The van der Waals surface area contributed by atoms with Crippen LogP contribution in [-0.2, 0) is 30.5 Å². The fourth-order valence-corrected chi connectivity index (χ4v) is 3.43. The molecule has 0 aliphatic heterocycles. The molecule has 3 atom stereocenters. The van der Waals surface area contributed by atoms with Gasteiger partial charge in [0.15, 0.2) is 0 Å². The van der Waals surface area contributed by atoms with Crippen molar-refractivity contribution in [2.45, 2.75) is 78.6 Å². The lowest BCUT2D eigenvalue weighted by Crippen LogP contribution is -2.58. The Kier molecular flexibility index (Phi) is 13.5. The fourth-order valence-electron chi connectivity index (χ4n) is 3.43. The average molecular weight is 516 g/mol. The molecule has 1 aromatic rings. The minimum Gasteiger partial charge on any atom is -0.445 e. The van der Waals surface area contributed by atoms with Crippen molar-refractivity contribution in [2.75, 3.05) is 0 Å². The smallest absolute Gasteiger partial charge is 0.408 e. The van der Waals surface area contributed by atoms with Gasteiger partial charge in [0, 0.05) is 0 Å². The Hall–Kier alpha value is -3.85. The first-order chi connectivity index (χ1) is 17.5. The number of nitrogens with zero attached hydrogens (tertiary/aromatic N) is 2. The summed E-state index contributed by atoms with van der Waals surface area (Å²) < 4.78 is 5.21. The van der Waals surface area contributed by atoms with Crippen molar-refractivity contribution in [1.82, 2.24) is 16.0 Å². The Labute approximate surface area is 217 Å². The Balaban J connectivity index is 2.91. The zero-order chi connectivity index (χ0) is 28.0.